The number of halogens is 2. The van der Waals surface area contributed by atoms with E-state index in [1.165, 1.54) is 0 Å². The minimum atomic E-state index is -0.835. The summed E-state index contributed by atoms with van der Waals surface area (Å²) >= 11 is 11.8. The fourth-order valence-corrected chi connectivity index (χ4v) is 2.41. The topological polar surface area (TPSA) is 38.7 Å². The highest BCUT2D eigenvalue weighted by atomic mass is 35.5. The molecule has 0 spiro atoms. The Kier molecular flexibility index (Phi) is 3.74. The van der Waals surface area contributed by atoms with Gasteiger partial charge in [0.15, 0.2) is 17.6 Å². The first kappa shape index (κ1) is 13.6. The van der Waals surface area contributed by atoms with Crippen molar-refractivity contribution < 1.29 is 14.6 Å². The standard InChI is InChI=1S/C15H12Cl2O3/c16-10-6-5-9(7-11(10)17)15(18)14-8-19-12-3-1-2-4-13(12)20-14/h1-7,14-15,18H,8H2. The number of ether oxygens (including phenoxy) is 2. The highest BCUT2D eigenvalue weighted by molar-refractivity contribution is 6.42. The molecule has 0 saturated carbocycles. The Balaban J connectivity index is 1.82. The van der Waals surface area contributed by atoms with Gasteiger partial charge in [0, 0.05) is 0 Å². The predicted molar refractivity (Wildman–Crippen MR) is 77.8 cm³/mol. The van der Waals surface area contributed by atoms with E-state index in [0.29, 0.717) is 27.1 Å². The zero-order chi connectivity index (χ0) is 14.1. The first-order chi connectivity index (χ1) is 9.65. The van der Waals surface area contributed by atoms with Crippen LogP contribution in [0.25, 0.3) is 0 Å². The van der Waals surface area contributed by atoms with Crippen LogP contribution < -0.4 is 9.47 Å². The van der Waals surface area contributed by atoms with Gasteiger partial charge in [0.2, 0.25) is 0 Å². The molecule has 1 aliphatic rings. The largest absolute Gasteiger partial charge is 0.486 e. The second kappa shape index (κ2) is 5.52. The summed E-state index contributed by atoms with van der Waals surface area (Å²) in [5.41, 5.74) is 0.646. The van der Waals surface area contributed by atoms with Crippen molar-refractivity contribution in [2.24, 2.45) is 0 Å². The molecule has 1 aliphatic heterocycles. The van der Waals surface area contributed by atoms with Gasteiger partial charge in [-0.25, -0.2) is 0 Å². The number of aliphatic hydroxyl groups is 1. The van der Waals surface area contributed by atoms with Crippen molar-refractivity contribution in [1.29, 1.82) is 0 Å². The van der Waals surface area contributed by atoms with Crippen molar-refractivity contribution in [2.45, 2.75) is 12.2 Å². The van der Waals surface area contributed by atoms with Crippen molar-refractivity contribution in [3.05, 3.63) is 58.1 Å². The van der Waals surface area contributed by atoms with Gasteiger partial charge in [-0.1, -0.05) is 41.4 Å². The normalized spacial score (nSPS) is 18.6. The summed E-state index contributed by atoms with van der Waals surface area (Å²) in [5, 5.41) is 11.2. The Morgan fingerprint density at radius 2 is 1.80 bits per heavy atom. The molecule has 2 aromatic rings. The van der Waals surface area contributed by atoms with E-state index in [0.717, 1.165) is 0 Å². The van der Waals surface area contributed by atoms with E-state index in [4.69, 9.17) is 32.7 Å². The van der Waals surface area contributed by atoms with E-state index in [2.05, 4.69) is 0 Å². The molecule has 0 fully saturated rings. The van der Waals surface area contributed by atoms with E-state index >= 15 is 0 Å². The van der Waals surface area contributed by atoms with E-state index in [-0.39, 0.29) is 6.61 Å². The van der Waals surface area contributed by atoms with Crippen molar-refractivity contribution in [2.75, 3.05) is 6.61 Å². The lowest BCUT2D eigenvalue weighted by molar-refractivity contribution is -0.0113. The highest BCUT2D eigenvalue weighted by Gasteiger charge is 2.28. The number of rotatable bonds is 2. The Hall–Kier alpha value is -1.42. The van der Waals surface area contributed by atoms with Crippen LogP contribution in [0.2, 0.25) is 10.0 Å². The Bertz CT molecular complexity index is 630. The molecule has 0 bridgehead atoms. The molecule has 2 atom stereocenters. The number of fused-ring (bicyclic) bond motifs is 1. The molecule has 20 heavy (non-hydrogen) atoms. The molecule has 1 heterocycles. The van der Waals surface area contributed by atoms with E-state index < -0.39 is 12.2 Å². The second-order valence-electron chi connectivity index (χ2n) is 4.53. The molecule has 0 radical (unpaired) electrons. The monoisotopic (exact) mass is 310 g/mol. The van der Waals surface area contributed by atoms with Crippen molar-refractivity contribution in [3.63, 3.8) is 0 Å². The third-order valence-corrected chi connectivity index (χ3v) is 3.91. The number of para-hydroxylation sites is 2. The molecule has 5 heteroatoms. The molecule has 0 aliphatic carbocycles. The summed E-state index contributed by atoms with van der Waals surface area (Å²) in [4.78, 5) is 0. The highest BCUT2D eigenvalue weighted by Crippen LogP contribution is 2.35. The first-order valence-corrected chi connectivity index (χ1v) is 6.92. The van der Waals surface area contributed by atoms with Gasteiger partial charge < -0.3 is 14.6 Å². The van der Waals surface area contributed by atoms with Crippen LogP contribution in [0.3, 0.4) is 0 Å². The lowest BCUT2D eigenvalue weighted by atomic mass is 10.0. The van der Waals surface area contributed by atoms with Crippen LogP contribution in [0.15, 0.2) is 42.5 Å². The molecule has 3 rings (SSSR count). The van der Waals surface area contributed by atoms with Gasteiger partial charge in [0.05, 0.1) is 10.0 Å². The van der Waals surface area contributed by atoms with Crippen LogP contribution in [0.5, 0.6) is 11.5 Å². The maximum Gasteiger partial charge on any atom is 0.163 e. The van der Waals surface area contributed by atoms with Crippen molar-refractivity contribution in [1.82, 2.24) is 0 Å². The zero-order valence-electron chi connectivity index (χ0n) is 10.4. The van der Waals surface area contributed by atoms with Crippen LogP contribution in [0.1, 0.15) is 11.7 Å². The number of hydrogen-bond donors (Lipinski definition) is 1. The molecular weight excluding hydrogens is 299 g/mol. The van der Waals surface area contributed by atoms with Gasteiger partial charge in [-0.2, -0.15) is 0 Å². The van der Waals surface area contributed by atoms with Gasteiger partial charge in [-0.3, -0.25) is 0 Å². The summed E-state index contributed by atoms with van der Waals surface area (Å²) in [6, 6.07) is 12.4. The lowest BCUT2D eigenvalue weighted by Gasteiger charge is -2.29. The first-order valence-electron chi connectivity index (χ1n) is 6.16. The second-order valence-corrected chi connectivity index (χ2v) is 5.35. The molecule has 0 amide bonds. The van der Waals surface area contributed by atoms with Gasteiger partial charge in [-0.15, -0.1) is 0 Å². The van der Waals surface area contributed by atoms with Gasteiger partial charge in [0.25, 0.3) is 0 Å². The third kappa shape index (κ3) is 2.57. The molecule has 2 unspecified atom stereocenters. The molecule has 1 N–H and O–H groups in total. The van der Waals surface area contributed by atoms with Gasteiger partial charge in [0.1, 0.15) is 12.7 Å². The van der Waals surface area contributed by atoms with E-state index in [1.54, 1.807) is 18.2 Å². The maximum absolute atomic E-state index is 10.4. The van der Waals surface area contributed by atoms with Crippen LogP contribution in [-0.2, 0) is 0 Å². The molecule has 0 saturated heterocycles. The van der Waals surface area contributed by atoms with E-state index in [9.17, 15) is 5.11 Å². The van der Waals surface area contributed by atoms with Crippen molar-refractivity contribution >= 4 is 23.2 Å². The zero-order valence-corrected chi connectivity index (χ0v) is 11.9. The van der Waals surface area contributed by atoms with Gasteiger partial charge >= 0.3 is 0 Å². The van der Waals surface area contributed by atoms with Crippen LogP contribution in [-0.4, -0.2) is 17.8 Å². The summed E-state index contributed by atoms with van der Waals surface area (Å²) in [6.45, 7) is 0.276. The Morgan fingerprint density at radius 3 is 2.55 bits per heavy atom. The molecular formula is C15H12Cl2O3. The van der Waals surface area contributed by atoms with Crippen LogP contribution in [0.4, 0.5) is 0 Å². The number of hydrogen-bond acceptors (Lipinski definition) is 3. The van der Waals surface area contributed by atoms with E-state index in [1.807, 2.05) is 24.3 Å². The van der Waals surface area contributed by atoms with Crippen molar-refractivity contribution in [3.8, 4) is 11.5 Å². The maximum atomic E-state index is 10.4. The number of benzene rings is 2. The minimum Gasteiger partial charge on any atom is -0.486 e. The molecule has 104 valence electrons. The Morgan fingerprint density at radius 1 is 1.05 bits per heavy atom. The predicted octanol–water partition coefficient (Wildman–Crippen LogP) is 3.87. The lowest BCUT2D eigenvalue weighted by Crippen LogP contribution is -2.34. The third-order valence-electron chi connectivity index (χ3n) is 3.17. The fraction of sp³-hybridized carbons (Fsp3) is 0.200. The summed E-state index contributed by atoms with van der Waals surface area (Å²) in [5.74, 6) is 1.31. The van der Waals surface area contributed by atoms with Gasteiger partial charge in [-0.05, 0) is 29.8 Å². The van der Waals surface area contributed by atoms with Crippen LogP contribution >= 0.6 is 23.2 Å². The summed E-state index contributed by atoms with van der Waals surface area (Å²) in [6.07, 6.45) is -1.32. The quantitative estimate of drug-likeness (QED) is 0.915. The smallest absolute Gasteiger partial charge is 0.163 e. The summed E-state index contributed by atoms with van der Waals surface area (Å²) in [7, 11) is 0. The molecule has 2 aromatic carbocycles. The molecule has 3 nitrogen and oxygen atoms in total. The average Bonchev–Trinajstić information content (AvgIpc) is 2.49. The molecule has 0 aromatic heterocycles. The number of aliphatic hydroxyl groups excluding tert-OH is 1. The SMILES string of the molecule is OC(c1ccc(Cl)c(Cl)c1)C1COc2ccccc2O1. The fourth-order valence-electron chi connectivity index (χ4n) is 2.10. The Labute approximate surface area is 126 Å². The summed E-state index contributed by atoms with van der Waals surface area (Å²) < 4.78 is 11.4. The van der Waals surface area contributed by atoms with Crippen LogP contribution in [0, 0.1) is 0 Å². The minimum absolute atomic E-state index is 0.276. The average molecular weight is 311 g/mol.